The molecule has 2 rings (SSSR count). The number of fused-ring (bicyclic) bond motifs is 1. The number of nitrogens with one attached hydrogen (secondary N) is 1. The van der Waals surface area contributed by atoms with Gasteiger partial charge in [-0.2, -0.15) is 0 Å². The number of rotatable bonds is 5. The maximum Gasteiger partial charge on any atom is 0.0412 e. The Morgan fingerprint density at radius 3 is 2.75 bits per heavy atom. The van der Waals surface area contributed by atoms with Crippen molar-refractivity contribution in [2.75, 3.05) is 6.54 Å². The fourth-order valence-electron chi connectivity index (χ4n) is 1.94. The minimum atomic E-state index is 0.525. The molecule has 1 aromatic carbocycles. The van der Waals surface area contributed by atoms with Crippen LogP contribution in [0.15, 0.2) is 30.3 Å². The smallest absolute Gasteiger partial charge is 0.0412 e. The van der Waals surface area contributed by atoms with Gasteiger partial charge in [0.25, 0.3) is 0 Å². The molecule has 0 fully saturated rings. The Bertz CT molecular complexity index is 414. The topological polar surface area (TPSA) is 12.0 Å². The molecule has 1 N–H and O–H groups in total. The lowest BCUT2D eigenvalue weighted by Gasteiger charge is -2.14. The van der Waals surface area contributed by atoms with Crippen molar-refractivity contribution in [3.8, 4) is 0 Å². The summed E-state index contributed by atoms with van der Waals surface area (Å²) >= 11 is 1.92. The summed E-state index contributed by atoms with van der Waals surface area (Å²) in [5, 5.41) is 4.98. The van der Waals surface area contributed by atoms with E-state index in [0.29, 0.717) is 6.04 Å². The van der Waals surface area contributed by atoms with Crippen LogP contribution in [-0.4, -0.2) is 6.54 Å². The van der Waals surface area contributed by atoms with E-state index >= 15 is 0 Å². The van der Waals surface area contributed by atoms with Crippen molar-refractivity contribution in [3.63, 3.8) is 0 Å². The quantitative estimate of drug-likeness (QED) is 0.809. The third-order valence-corrected chi connectivity index (χ3v) is 4.07. The van der Waals surface area contributed by atoms with Crippen LogP contribution in [0.25, 0.3) is 10.1 Å². The van der Waals surface area contributed by atoms with Gasteiger partial charge in [0.15, 0.2) is 0 Å². The minimum Gasteiger partial charge on any atom is -0.309 e. The molecule has 0 saturated heterocycles. The lowest BCUT2D eigenvalue weighted by molar-refractivity contribution is 0.526. The van der Waals surface area contributed by atoms with Crippen molar-refractivity contribution in [2.45, 2.75) is 32.7 Å². The van der Waals surface area contributed by atoms with Crippen molar-refractivity contribution < 1.29 is 0 Å². The molecule has 1 heterocycles. The molecule has 1 atom stereocenters. The highest BCUT2D eigenvalue weighted by Gasteiger charge is 2.11. The van der Waals surface area contributed by atoms with E-state index in [-0.39, 0.29) is 0 Å². The molecular weight excluding hydrogens is 214 g/mol. The molecule has 0 spiro atoms. The van der Waals surface area contributed by atoms with Crippen molar-refractivity contribution in [1.29, 1.82) is 0 Å². The van der Waals surface area contributed by atoms with Crippen LogP contribution >= 0.6 is 11.3 Å². The van der Waals surface area contributed by atoms with Gasteiger partial charge >= 0.3 is 0 Å². The van der Waals surface area contributed by atoms with Crippen LogP contribution in [-0.2, 0) is 0 Å². The van der Waals surface area contributed by atoms with Crippen molar-refractivity contribution in [2.24, 2.45) is 0 Å². The van der Waals surface area contributed by atoms with Crippen LogP contribution in [0.2, 0.25) is 0 Å². The molecule has 1 unspecified atom stereocenters. The molecule has 2 aromatic rings. The molecule has 0 bridgehead atoms. The van der Waals surface area contributed by atoms with Gasteiger partial charge < -0.3 is 5.32 Å². The van der Waals surface area contributed by atoms with Crippen molar-refractivity contribution in [3.05, 3.63) is 35.2 Å². The molecule has 0 amide bonds. The summed E-state index contributed by atoms with van der Waals surface area (Å²) in [6, 6.07) is 11.5. The van der Waals surface area contributed by atoms with E-state index in [9.17, 15) is 0 Å². The number of hydrogen-bond donors (Lipinski definition) is 1. The summed E-state index contributed by atoms with van der Waals surface area (Å²) < 4.78 is 1.40. The lowest BCUT2D eigenvalue weighted by Crippen LogP contribution is -2.20. The molecule has 2 heteroatoms. The van der Waals surface area contributed by atoms with E-state index < -0.39 is 0 Å². The molecule has 1 nitrogen and oxygen atoms in total. The highest BCUT2D eigenvalue weighted by Crippen LogP contribution is 2.30. The van der Waals surface area contributed by atoms with Gasteiger partial charge in [-0.05, 0) is 36.9 Å². The average Bonchev–Trinajstić information content (AvgIpc) is 2.73. The van der Waals surface area contributed by atoms with E-state index in [1.807, 2.05) is 11.3 Å². The van der Waals surface area contributed by atoms with Gasteiger partial charge in [0.05, 0.1) is 0 Å². The standard InChI is InChI=1S/C14H19NS/c1-3-9-15-12(4-2)14-10-11-7-5-6-8-13(11)16-14/h5-8,10,12,15H,3-4,9H2,1-2H3. The number of benzene rings is 1. The third kappa shape index (κ3) is 2.45. The Balaban J connectivity index is 2.23. The summed E-state index contributed by atoms with van der Waals surface area (Å²) in [5.74, 6) is 0. The fourth-order valence-corrected chi connectivity index (χ4v) is 3.16. The first-order valence-corrected chi connectivity index (χ1v) is 6.88. The summed E-state index contributed by atoms with van der Waals surface area (Å²) in [6.07, 6.45) is 2.36. The molecule has 86 valence electrons. The normalized spacial score (nSPS) is 13.1. The summed E-state index contributed by atoms with van der Waals surface area (Å²) in [5.41, 5.74) is 0. The van der Waals surface area contributed by atoms with E-state index in [2.05, 4.69) is 49.5 Å². The second-order valence-electron chi connectivity index (χ2n) is 4.10. The Morgan fingerprint density at radius 2 is 2.06 bits per heavy atom. The third-order valence-electron chi connectivity index (χ3n) is 2.84. The van der Waals surface area contributed by atoms with E-state index in [0.717, 1.165) is 13.0 Å². The van der Waals surface area contributed by atoms with Crippen LogP contribution in [0.3, 0.4) is 0 Å². The maximum atomic E-state index is 3.61. The Labute approximate surface area is 101 Å². The number of thiophene rings is 1. The van der Waals surface area contributed by atoms with Crippen LogP contribution in [0.5, 0.6) is 0 Å². The first-order chi connectivity index (χ1) is 7.85. The van der Waals surface area contributed by atoms with Crippen molar-refractivity contribution >= 4 is 21.4 Å². The van der Waals surface area contributed by atoms with Gasteiger partial charge in [0.2, 0.25) is 0 Å². The minimum absolute atomic E-state index is 0.525. The first-order valence-electron chi connectivity index (χ1n) is 6.07. The molecule has 0 radical (unpaired) electrons. The Hall–Kier alpha value is -0.860. The summed E-state index contributed by atoms with van der Waals surface area (Å²) in [7, 11) is 0. The summed E-state index contributed by atoms with van der Waals surface area (Å²) in [4.78, 5) is 1.47. The van der Waals surface area contributed by atoms with Gasteiger partial charge in [0.1, 0.15) is 0 Å². The lowest BCUT2D eigenvalue weighted by atomic mass is 10.1. The molecule has 0 saturated carbocycles. The highest BCUT2D eigenvalue weighted by atomic mass is 32.1. The fraction of sp³-hybridized carbons (Fsp3) is 0.429. The molecular formula is C14H19NS. The second kappa shape index (κ2) is 5.46. The van der Waals surface area contributed by atoms with Gasteiger partial charge in [-0.1, -0.05) is 32.0 Å². The monoisotopic (exact) mass is 233 g/mol. The predicted molar refractivity (Wildman–Crippen MR) is 73.2 cm³/mol. The van der Waals surface area contributed by atoms with E-state index in [4.69, 9.17) is 0 Å². The molecule has 1 aromatic heterocycles. The zero-order valence-corrected chi connectivity index (χ0v) is 10.8. The SMILES string of the molecule is CCCNC(CC)c1cc2ccccc2s1. The molecule has 0 aliphatic rings. The van der Waals surface area contributed by atoms with Gasteiger partial charge in [-0.25, -0.2) is 0 Å². The first kappa shape index (κ1) is 11.6. The average molecular weight is 233 g/mol. The largest absolute Gasteiger partial charge is 0.309 e. The maximum absolute atomic E-state index is 3.61. The zero-order chi connectivity index (χ0) is 11.4. The van der Waals surface area contributed by atoms with Gasteiger partial charge in [-0.3, -0.25) is 0 Å². The van der Waals surface area contributed by atoms with Crippen LogP contribution in [0.4, 0.5) is 0 Å². The predicted octanol–water partition coefficient (Wildman–Crippen LogP) is 4.35. The Morgan fingerprint density at radius 1 is 1.25 bits per heavy atom. The number of hydrogen-bond acceptors (Lipinski definition) is 2. The van der Waals surface area contributed by atoms with Crippen LogP contribution in [0.1, 0.15) is 37.6 Å². The Kier molecular flexibility index (Phi) is 3.97. The second-order valence-corrected chi connectivity index (χ2v) is 5.22. The zero-order valence-electron chi connectivity index (χ0n) is 9.99. The molecule has 16 heavy (non-hydrogen) atoms. The highest BCUT2D eigenvalue weighted by molar-refractivity contribution is 7.19. The van der Waals surface area contributed by atoms with Crippen LogP contribution in [0, 0.1) is 0 Å². The van der Waals surface area contributed by atoms with Crippen molar-refractivity contribution in [1.82, 2.24) is 5.32 Å². The van der Waals surface area contributed by atoms with Crippen LogP contribution < -0.4 is 5.32 Å². The van der Waals surface area contributed by atoms with E-state index in [1.54, 1.807) is 0 Å². The van der Waals surface area contributed by atoms with Gasteiger partial charge in [0, 0.05) is 15.6 Å². The van der Waals surface area contributed by atoms with E-state index in [1.165, 1.54) is 21.4 Å². The molecule has 0 aliphatic heterocycles. The summed E-state index contributed by atoms with van der Waals surface area (Å²) in [6.45, 7) is 5.56. The van der Waals surface area contributed by atoms with Gasteiger partial charge in [-0.15, -0.1) is 11.3 Å². The molecule has 0 aliphatic carbocycles.